The molecule has 1 N–H and O–H groups in total. The average molecular weight is 232 g/mol. The summed E-state index contributed by atoms with van der Waals surface area (Å²) in [5, 5.41) is 3.44. The maximum atomic E-state index is 5.11. The van der Waals surface area contributed by atoms with E-state index in [4.69, 9.17) is 9.47 Å². The maximum absolute atomic E-state index is 5.11. The zero-order chi connectivity index (χ0) is 12.4. The summed E-state index contributed by atoms with van der Waals surface area (Å²) in [5.41, 5.74) is 0. The maximum Gasteiger partial charge on any atom is 0.0613 e. The Balaban J connectivity index is 3.67. The van der Waals surface area contributed by atoms with Gasteiger partial charge in [0.05, 0.1) is 13.2 Å². The van der Waals surface area contributed by atoms with Gasteiger partial charge in [0.1, 0.15) is 0 Å². The topological polar surface area (TPSA) is 33.7 Å². The van der Waals surface area contributed by atoms with Crippen LogP contribution < -0.4 is 5.32 Å². The van der Waals surface area contributed by atoms with Crippen molar-refractivity contribution in [1.82, 2.24) is 10.2 Å². The first-order chi connectivity index (χ1) is 7.61. The summed E-state index contributed by atoms with van der Waals surface area (Å²) in [6.45, 7) is 11.2. The highest BCUT2D eigenvalue weighted by molar-refractivity contribution is 4.66. The third-order valence-electron chi connectivity index (χ3n) is 2.62. The Bertz CT molecular complexity index is 154. The molecule has 0 saturated heterocycles. The molecule has 4 nitrogen and oxygen atoms in total. The Kier molecular flexibility index (Phi) is 9.92. The molecule has 0 bridgehead atoms. The molecule has 16 heavy (non-hydrogen) atoms. The van der Waals surface area contributed by atoms with Gasteiger partial charge in [-0.3, -0.25) is 4.90 Å². The third-order valence-corrected chi connectivity index (χ3v) is 2.62. The van der Waals surface area contributed by atoms with Gasteiger partial charge in [-0.05, 0) is 20.8 Å². The molecule has 0 aromatic carbocycles. The molecular weight excluding hydrogens is 204 g/mol. The van der Waals surface area contributed by atoms with E-state index in [1.165, 1.54) is 0 Å². The number of hydrogen-bond donors (Lipinski definition) is 1. The fourth-order valence-electron chi connectivity index (χ4n) is 1.60. The molecule has 4 heteroatoms. The second-order valence-electron chi connectivity index (χ2n) is 4.43. The van der Waals surface area contributed by atoms with Crippen molar-refractivity contribution in [3.05, 3.63) is 0 Å². The molecule has 0 rings (SSSR count). The fourth-order valence-corrected chi connectivity index (χ4v) is 1.60. The first kappa shape index (κ1) is 15.8. The monoisotopic (exact) mass is 232 g/mol. The van der Waals surface area contributed by atoms with E-state index in [0.29, 0.717) is 12.1 Å². The summed E-state index contributed by atoms with van der Waals surface area (Å²) in [7, 11) is 3.48. The zero-order valence-electron chi connectivity index (χ0n) is 11.5. The Morgan fingerprint density at radius 1 is 1.06 bits per heavy atom. The summed E-state index contributed by atoms with van der Waals surface area (Å²) < 4.78 is 10.2. The van der Waals surface area contributed by atoms with E-state index in [2.05, 4.69) is 31.0 Å². The van der Waals surface area contributed by atoms with E-state index >= 15 is 0 Å². The lowest BCUT2D eigenvalue weighted by Crippen LogP contribution is -2.41. The summed E-state index contributed by atoms with van der Waals surface area (Å²) in [6.07, 6.45) is 0. The molecule has 0 radical (unpaired) electrons. The molecule has 0 amide bonds. The SMILES string of the molecule is COCCN(CCNC(C)COC)C(C)C. The molecule has 0 aliphatic rings. The van der Waals surface area contributed by atoms with Gasteiger partial charge >= 0.3 is 0 Å². The lowest BCUT2D eigenvalue weighted by atomic mass is 10.3. The Morgan fingerprint density at radius 2 is 1.75 bits per heavy atom. The molecule has 0 saturated carbocycles. The molecule has 1 atom stereocenters. The predicted molar refractivity (Wildman–Crippen MR) is 67.9 cm³/mol. The van der Waals surface area contributed by atoms with Crippen molar-refractivity contribution in [3.63, 3.8) is 0 Å². The van der Waals surface area contributed by atoms with Crippen LogP contribution in [0.3, 0.4) is 0 Å². The van der Waals surface area contributed by atoms with Crippen molar-refractivity contribution in [3.8, 4) is 0 Å². The number of hydrogen-bond acceptors (Lipinski definition) is 4. The second-order valence-corrected chi connectivity index (χ2v) is 4.43. The zero-order valence-corrected chi connectivity index (χ0v) is 11.5. The van der Waals surface area contributed by atoms with Crippen molar-refractivity contribution < 1.29 is 9.47 Å². The predicted octanol–water partition coefficient (Wildman–Crippen LogP) is 0.968. The van der Waals surface area contributed by atoms with Gasteiger partial charge in [0.2, 0.25) is 0 Å². The van der Waals surface area contributed by atoms with E-state index in [1.54, 1.807) is 14.2 Å². The lowest BCUT2D eigenvalue weighted by molar-refractivity contribution is 0.126. The van der Waals surface area contributed by atoms with Gasteiger partial charge in [0, 0.05) is 45.9 Å². The summed E-state index contributed by atoms with van der Waals surface area (Å²) >= 11 is 0. The van der Waals surface area contributed by atoms with Crippen LogP contribution in [0.25, 0.3) is 0 Å². The molecule has 1 unspecified atom stereocenters. The van der Waals surface area contributed by atoms with Crippen LogP contribution in [0.4, 0.5) is 0 Å². The molecular formula is C12H28N2O2. The third kappa shape index (κ3) is 8.05. The largest absolute Gasteiger partial charge is 0.383 e. The van der Waals surface area contributed by atoms with Crippen molar-refractivity contribution >= 4 is 0 Å². The van der Waals surface area contributed by atoms with Crippen LogP contribution >= 0.6 is 0 Å². The minimum Gasteiger partial charge on any atom is -0.383 e. The quantitative estimate of drug-likeness (QED) is 0.608. The molecule has 0 heterocycles. The molecule has 0 aliphatic heterocycles. The first-order valence-electron chi connectivity index (χ1n) is 6.07. The van der Waals surface area contributed by atoms with Crippen LogP contribution in [0.2, 0.25) is 0 Å². The second kappa shape index (κ2) is 10.0. The number of nitrogens with one attached hydrogen (secondary N) is 1. The highest BCUT2D eigenvalue weighted by Crippen LogP contribution is 1.96. The molecule has 0 aromatic rings. The van der Waals surface area contributed by atoms with Gasteiger partial charge in [-0.1, -0.05) is 0 Å². The van der Waals surface area contributed by atoms with Gasteiger partial charge in [-0.25, -0.2) is 0 Å². The summed E-state index contributed by atoms with van der Waals surface area (Å²) in [6, 6.07) is 0.983. The summed E-state index contributed by atoms with van der Waals surface area (Å²) in [4.78, 5) is 2.41. The van der Waals surface area contributed by atoms with Gasteiger partial charge in [0.25, 0.3) is 0 Å². The Labute approximate surface area is 100 Å². The highest BCUT2D eigenvalue weighted by atomic mass is 16.5. The first-order valence-corrected chi connectivity index (χ1v) is 6.07. The minimum atomic E-state index is 0.418. The van der Waals surface area contributed by atoms with E-state index < -0.39 is 0 Å². The van der Waals surface area contributed by atoms with Gasteiger partial charge in [-0.15, -0.1) is 0 Å². The van der Waals surface area contributed by atoms with E-state index in [-0.39, 0.29) is 0 Å². The van der Waals surface area contributed by atoms with E-state index in [1.807, 2.05) is 0 Å². The van der Waals surface area contributed by atoms with Crippen LogP contribution in [0.1, 0.15) is 20.8 Å². The molecule has 0 fully saturated rings. The van der Waals surface area contributed by atoms with Crippen LogP contribution in [-0.4, -0.2) is 64.1 Å². The molecule has 0 spiro atoms. The average Bonchev–Trinajstić information content (AvgIpc) is 2.23. The molecule has 0 aromatic heterocycles. The smallest absolute Gasteiger partial charge is 0.0613 e. The van der Waals surface area contributed by atoms with Crippen molar-refractivity contribution in [1.29, 1.82) is 0 Å². The van der Waals surface area contributed by atoms with Crippen LogP contribution in [0.5, 0.6) is 0 Å². The van der Waals surface area contributed by atoms with E-state index in [0.717, 1.165) is 32.8 Å². The van der Waals surface area contributed by atoms with Crippen LogP contribution in [0.15, 0.2) is 0 Å². The molecule has 98 valence electrons. The van der Waals surface area contributed by atoms with Crippen molar-refractivity contribution in [2.45, 2.75) is 32.9 Å². The Morgan fingerprint density at radius 3 is 2.25 bits per heavy atom. The van der Waals surface area contributed by atoms with Crippen LogP contribution in [0, 0.1) is 0 Å². The summed E-state index contributed by atoms with van der Waals surface area (Å²) in [5.74, 6) is 0. The highest BCUT2D eigenvalue weighted by Gasteiger charge is 2.09. The fraction of sp³-hybridized carbons (Fsp3) is 1.00. The van der Waals surface area contributed by atoms with Crippen molar-refractivity contribution in [2.75, 3.05) is 47.1 Å². The number of ether oxygens (including phenoxy) is 2. The van der Waals surface area contributed by atoms with Gasteiger partial charge in [-0.2, -0.15) is 0 Å². The molecule has 0 aliphatic carbocycles. The van der Waals surface area contributed by atoms with Gasteiger partial charge < -0.3 is 14.8 Å². The minimum absolute atomic E-state index is 0.418. The number of nitrogens with zero attached hydrogens (tertiary/aromatic N) is 1. The van der Waals surface area contributed by atoms with Crippen molar-refractivity contribution in [2.24, 2.45) is 0 Å². The standard InChI is InChI=1S/C12H28N2O2/c1-11(2)14(8-9-15-4)7-6-13-12(3)10-16-5/h11-13H,6-10H2,1-5H3. The normalized spacial score (nSPS) is 13.7. The van der Waals surface area contributed by atoms with Gasteiger partial charge in [0.15, 0.2) is 0 Å². The number of rotatable bonds is 10. The van der Waals surface area contributed by atoms with Crippen LogP contribution in [-0.2, 0) is 9.47 Å². The number of methoxy groups -OCH3 is 2. The Hall–Kier alpha value is -0.160. The van der Waals surface area contributed by atoms with E-state index in [9.17, 15) is 0 Å². The lowest BCUT2D eigenvalue weighted by Gasteiger charge is -2.26.